The Bertz CT molecular complexity index is 964. The quantitative estimate of drug-likeness (QED) is 0.680. The fraction of sp³-hybridized carbons (Fsp3) is 0.500. The molecule has 0 spiro atoms. The summed E-state index contributed by atoms with van der Waals surface area (Å²) >= 11 is 0. The summed E-state index contributed by atoms with van der Waals surface area (Å²) in [7, 11) is -3.44. The van der Waals surface area contributed by atoms with E-state index >= 15 is 0 Å². The molecular weight excluding hydrogens is 396 g/mol. The van der Waals surface area contributed by atoms with E-state index in [-0.39, 0.29) is 0 Å². The number of fused-ring (bicyclic) bond motifs is 1. The van der Waals surface area contributed by atoms with Gasteiger partial charge in [-0.15, -0.1) is 0 Å². The third-order valence-electron chi connectivity index (χ3n) is 6.34. The molecule has 1 fully saturated rings. The van der Waals surface area contributed by atoms with Crippen LogP contribution in [-0.2, 0) is 27.8 Å². The topological polar surface area (TPSA) is 49.9 Å². The molecule has 2 aromatic carbocycles. The van der Waals surface area contributed by atoms with Crippen LogP contribution in [0.5, 0.6) is 0 Å². The summed E-state index contributed by atoms with van der Waals surface area (Å²) in [6.07, 6.45) is 4.89. The molecule has 2 aliphatic rings. The van der Waals surface area contributed by atoms with Crippen LogP contribution < -0.4 is 4.90 Å². The van der Waals surface area contributed by atoms with E-state index in [1.165, 1.54) is 22.4 Å². The van der Waals surface area contributed by atoms with Gasteiger partial charge in [0.05, 0.1) is 11.5 Å². The maximum atomic E-state index is 13.1. The first-order valence-corrected chi connectivity index (χ1v) is 12.5. The van der Waals surface area contributed by atoms with Gasteiger partial charge in [0.15, 0.2) is 0 Å². The van der Waals surface area contributed by atoms with Gasteiger partial charge in [0.1, 0.15) is 6.73 Å². The summed E-state index contributed by atoms with van der Waals surface area (Å²) < 4.78 is 33.7. The first-order chi connectivity index (χ1) is 14.5. The Labute approximate surface area is 180 Å². The zero-order valence-electron chi connectivity index (χ0n) is 18.0. The van der Waals surface area contributed by atoms with Crippen molar-refractivity contribution in [2.24, 2.45) is 0 Å². The summed E-state index contributed by atoms with van der Waals surface area (Å²) in [5.41, 5.74) is 4.95. The fourth-order valence-electron chi connectivity index (χ4n) is 4.61. The third kappa shape index (κ3) is 4.27. The number of nitrogens with zero attached hydrogens (tertiary/aromatic N) is 2. The fourth-order valence-corrected chi connectivity index (χ4v) is 6.08. The lowest BCUT2D eigenvalue weighted by atomic mass is 10.00. The van der Waals surface area contributed by atoms with Crippen LogP contribution in [-0.4, -0.2) is 38.6 Å². The molecule has 0 aliphatic carbocycles. The molecule has 0 unspecified atom stereocenters. The standard InChI is InChI=1S/C24H32N2O3S/c1-3-4-7-20-9-11-23(12-10-20)30(27,28)25-15-13-22(14-16-25)26-18-29-17-21-8-5-6-19(2)24(21)26/h5-6,8-12,22H,3-4,7,13-18H2,1-2H3. The van der Waals surface area contributed by atoms with E-state index in [1.807, 2.05) is 12.1 Å². The second-order valence-corrected chi connectivity index (χ2v) is 10.4. The van der Waals surface area contributed by atoms with Crippen molar-refractivity contribution in [1.82, 2.24) is 4.31 Å². The van der Waals surface area contributed by atoms with E-state index in [1.54, 1.807) is 16.4 Å². The molecule has 6 heteroatoms. The molecule has 0 radical (unpaired) electrons. The maximum Gasteiger partial charge on any atom is 0.243 e. The number of rotatable bonds is 6. The van der Waals surface area contributed by atoms with Crippen LogP contribution >= 0.6 is 0 Å². The van der Waals surface area contributed by atoms with E-state index in [0.717, 1.165) is 32.1 Å². The van der Waals surface area contributed by atoms with Gasteiger partial charge in [-0.25, -0.2) is 8.42 Å². The third-order valence-corrected chi connectivity index (χ3v) is 8.25. The summed E-state index contributed by atoms with van der Waals surface area (Å²) in [6, 6.07) is 14.1. The smallest absolute Gasteiger partial charge is 0.243 e. The number of ether oxygens (including phenoxy) is 1. The number of hydrogen-bond acceptors (Lipinski definition) is 4. The SMILES string of the molecule is CCCCc1ccc(S(=O)(=O)N2CCC(N3COCc4cccc(C)c43)CC2)cc1. The predicted octanol–water partition coefficient (Wildman–Crippen LogP) is 4.49. The first kappa shape index (κ1) is 21.3. The second kappa shape index (κ2) is 9.08. The average molecular weight is 429 g/mol. The monoisotopic (exact) mass is 428 g/mol. The highest BCUT2D eigenvalue weighted by Gasteiger charge is 2.33. The summed E-state index contributed by atoms with van der Waals surface area (Å²) in [6.45, 7) is 6.62. The number of unbranched alkanes of at least 4 members (excludes halogenated alkanes) is 1. The molecule has 0 saturated carbocycles. The van der Waals surface area contributed by atoms with Crippen LogP contribution in [0.4, 0.5) is 5.69 Å². The normalized spacial score (nSPS) is 18.4. The molecule has 2 aromatic rings. The summed E-state index contributed by atoms with van der Waals surface area (Å²) in [5.74, 6) is 0. The van der Waals surface area contributed by atoms with Crippen LogP contribution in [0.15, 0.2) is 47.4 Å². The molecule has 30 heavy (non-hydrogen) atoms. The van der Waals surface area contributed by atoms with Gasteiger partial charge >= 0.3 is 0 Å². The van der Waals surface area contributed by atoms with Crippen LogP contribution in [0.25, 0.3) is 0 Å². The van der Waals surface area contributed by atoms with Crippen molar-refractivity contribution in [3.05, 3.63) is 59.2 Å². The highest BCUT2D eigenvalue weighted by molar-refractivity contribution is 7.89. The van der Waals surface area contributed by atoms with Gasteiger partial charge in [0.25, 0.3) is 0 Å². The van der Waals surface area contributed by atoms with Gasteiger partial charge in [-0.2, -0.15) is 4.31 Å². The van der Waals surface area contributed by atoms with Crippen molar-refractivity contribution >= 4 is 15.7 Å². The van der Waals surface area contributed by atoms with Gasteiger partial charge in [-0.1, -0.05) is 43.7 Å². The van der Waals surface area contributed by atoms with Crippen molar-refractivity contribution < 1.29 is 13.2 Å². The second-order valence-electron chi connectivity index (χ2n) is 8.41. The maximum absolute atomic E-state index is 13.1. The molecule has 2 heterocycles. The van der Waals surface area contributed by atoms with E-state index in [2.05, 4.69) is 36.9 Å². The van der Waals surface area contributed by atoms with Crippen molar-refractivity contribution in [1.29, 1.82) is 0 Å². The minimum Gasteiger partial charge on any atom is -0.356 e. The zero-order valence-corrected chi connectivity index (χ0v) is 18.8. The largest absolute Gasteiger partial charge is 0.356 e. The highest BCUT2D eigenvalue weighted by Crippen LogP contribution is 2.34. The minimum absolute atomic E-state index is 0.299. The van der Waals surface area contributed by atoms with Gasteiger partial charge in [-0.3, -0.25) is 0 Å². The molecule has 0 atom stereocenters. The van der Waals surface area contributed by atoms with Gasteiger partial charge < -0.3 is 9.64 Å². The Hall–Kier alpha value is -1.89. The highest BCUT2D eigenvalue weighted by atomic mass is 32.2. The summed E-state index contributed by atoms with van der Waals surface area (Å²) in [4.78, 5) is 2.74. The van der Waals surface area contributed by atoms with Crippen LogP contribution in [0.3, 0.4) is 0 Å². The lowest BCUT2D eigenvalue weighted by molar-refractivity contribution is 0.0986. The molecule has 0 N–H and O–H groups in total. The molecule has 1 saturated heterocycles. The van der Waals surface area contributed by atoms with Gasteiger partial charge in [-0.05, 0) is 55.9 Å². The molecule has 162 valence electrons. The molecule has 4 rings (SSSR count). The Morgan fingerprint density at radius 1 is 1.07 bits per heavy atom. The van der Waals surface area contributed by atoms with E-state index in [0.29, 0.717) is 37.4 Å². The number of benzene rings is 2. The molecule has 0 amide bonds. The molecule has 5 nitrogen and oxygen atoms in total. The van der Waals surface area contributed by atoms with Crippen molar-refractivity contribution in [2.75, 3.05) is 24.7 Å². The van der Waals surface area contributed by atoms with Gasteiger partial charge in [0, 0.05) is 30.4 Å². The number of aryl methyl sites for hydroxylation is 2. The average Bonchev–Trinajstić information content (AvgIpc) is 2.78. The van der Waals surface area contributed by atoms with Crippen molar-refractivity contribution in [2.45, 2.75) is 63.5 Å². The number of piperidine rings is 1. The zero-order chi connectivity index (χ0) is 21.1. The van der Waals surface area contributed by atoms with Crippen molar-refractivity contribution in [3.8, 4) is 0 Å². The van der Waals surface area contributed by atoms with Crippen molar-refractivity contribution in [3.63, 3.8) is 0 Å². The van der Waals surface area contributed by atoms with Crippen LogP contribution in [0.2, 0.25) is 0 Å². The first-order valence-electron chi connectivity index (χ1n) is 11.0. The Kier molecular flexibility index (Phi) is 6.46. The molecule has 0 aromatic heterocycles. The Balaban J connectivity index is 1.44. The number of hydrogen-bond donors (Lipinski definition) is 0. The van der Waals surface area contributed by atoms with Crippen LogP contribution in [0, 0.1) is 6.92 Å². The number of sulfonamides is 1. The predicted molar refractivity (Wildman–Crippen MR) is 120 cm³/mol. The minimum atomic E-state index is -3.44. The Morgan fingerprint density at radius 3 is 2.50 bits per heavy atom. The lowest BCUT2D eigenvalue weighted by Crippen LogP contribution is -2.48. The van der Waals surface area contributed by atoms with E-state index < -0.39 is 10.0 Å². The lowest BCUT2D eigenvalue weighted by Gasteiger charge is -2.42. The Morgan fingerprint density at radius 2 is 1.80 bits per heavy atom. The molecular formula is C24H32N2O3S. The van der Waals surface area contributed by atoms with Crippen LogP contribution in [0.1, 0.15) is 49.3 Å². The molecule has 2 aliphatic heterocycles. The van der Waals surface area contributed by atoms with E-state index in [4.69, 9.17) is 4.74 Å². The van der Waals surface area contributed by atoms with E-state index in [9.17, 15) is 8.42 Å². The molecule has 0 bridgehead atoms. The van der Waals surface area contributed by atoms with Gasteiger partial charge in [0.2, 0.25) is 10.0 Å². The number of anilines is 1. The number of para-hydroxylation sites is 1. The summed E-state index contributed by atoms with van der Waals surface area (Å²) in [5, 5.41) is 0.